The first-order chi connectivity index (χ1) is 10.8. The summed E-state index contributed by atoms with van der Waals surface area (Å²) in [5.41, 5.74) is 3.53. The molecule has 0 amide bonds. The monoisotopic (exact) mass is 293 g/mol. The third-order valence-electron chi connectivity index (χ3n) is 3.31. The smallest absolute Gasteiger partial charge is 0.313 e. The highest BCUT2D eigenvalue weighted by atomic mass is 16.6. The Morgan fingerprint density at radius 1 is 1.09 bits per heavy atom. The van der Waals surface area contributed by atoms with Gasteiger partial charge in [-0.05, 0) is 23.3 Å². The maximum atomic E-state index is 11.6. The van der Waals surface area contributed by atoms with Gasteiger partial charge in [0.1, 0.15) is 6.26 Å². The third-order valence-corrected chi connectivity index (χ3v) is 3.31. The van der Waals surface area contributed by atoms with Crippen LogP contribution in [0.3, 0.4) is 0 Å². The highest BCUT2D eigenvalue weighted by Gasteiger charge is 2.20. The molecule has 2 aromatic heterocycles. The average molecular weight is 293 g/mol. The van der Waals surface area contributed by atoms with Gasteiger partial charge >= 0.3 is 11.9 Å². The maximum absolute atomic E-state index is 11.6. The second-order valence-electron chi connectivity index (χ2n) is 4.74. The summed E-state index contributed by atoms with van der Waals surface area (Å²) in [6, 6.07) is 13.5. The van der Waals surface area contributed by atoms with Crippen molar-refractivity contribution in [3.63, 3.8) is 0 Å². The fourth-order valence-corrected chi connectivity index (χ4v) is 2.21. The van der Waals surface area contributed by atoms with Crippen molar-refractivity contribution in [3.8, 4) is 28.2 Å². The lowest BCUT2D eigenvalue weighted by molar-refractivity contribution is -0.135. The Morgan fingerprint density at radius 3 is 2.50 bits per heavy atom. The minimum atomic E-state index is -0.326. The standard InChI is InChI=1S/C18H15NO3/c1-2-16(20)22-18-17(14-6-4-3-5-7-14)15(12-21-18)13-8-10-19-11-9-13/h3-12H,2H2,1H3. The quantitative estimate of drug-likeness (QED) is 0.672. The largest absolute Gasteiger partial charge is 0.433 e. The Balaban J connectivity index is 2.13. The zero-order chi connectivity index (χ0) is 15.4. The molecule has 0 atom stereocenters. The Bertz CT molecular complexity index is 764. The number of benzene rings is 1. The number of esters is 1. The molecule has 3 aromatic rings. The van der Waals surface area contributed by atoms with Gasteiger partial charge in [-0.3, -0.25) is 9.78 Å². The SMILES string of the molecule is CCC(=O)Oc1occ(-c2ccncc2)c1-c1ccccc1. The average Bonchev–Trinajstić information content (AvgIpc) is 3.00. The minimum absolute atomic E-state index is 0.227. The zero-order valence-electron chi connectivity index (χ0n) is 12.2. The zero-order valence-corrected chi connectivity index (χ0v) is 12.2. The molecule has 4 nitrogen and oxygen atoms in total. The van der Waals surface area contributed by atoms with E-state index in [0.717, 1.165) is 22.3 Å². The lowest BCUT2D eigenvalue weighted by Crippen LogP contribution is -2.05. The van der Waals surface area contributed by atoms with Crippen LogP contribution in [0.1, 0.15) is 13.3 Å². The van der Waals surface area contributed by atoms with E-state index < -0.39 is 0 Å². The van der Waals surface area contributed by atoms with Crippen molar-refractivity contribution in [2.75, 3.05) is 0 Å². The molecule has 22 heavy (non-hydrogen) atoms. The van der Waals surface area contributed by atoms with Crippen LogP contribution in [-0.2, 0) is 4.79 Å². The van der Waals surface area contributed by atoms with E-state index in [1.165, 1.54) is 0 Å². The summed E-state index contributed by atoms with van der Waals surface area (Å²) in [4.78, 5) is 15.6. The molecule has 0 unspecified atom stereocenters. The molecule has 0 aliphatic carbocycles. The van der Waals surface area contributed by atoms with Crippen LogP contribution in [0.25, 0.3) is 22.3 Å². The van der Waals surface area contributed by atoms with Gasteiger partial charge in [-0.1, -0.05) is 37.3 Å². The molecule has 0 fully saturated rings. The lowest BCUT2D eigenvalue weighted by atomic mass is 9.99. The molecule has 2 heterocycles. The molecule has 4 heteroatoms. The Morgan fingerprint density at radius 2 is 1.82 bits per heavy atom. The first-order valence-electron chi connectivity index (χ1n) is 7.07. The van der Waals surface area contributed by atoms with Crippen LogP contribution < -0.4 is 4.74 Å². The van der Waals surface area contributed by atoms with E-state index in [1.54, 1.807) is 25.6 Å². The van der Waals surface area contributed by atoms with Gasteiger partial charge in [0.15, 0.2) is 0 Å². The molecule has 3 rings (SSSR count). The summed E-state index contributed by atoms with van der Waals surface area (Å²) in [5, 5.41) is 0. The van der Waals surface area contributed by atoms with Crippen molar-refractivity contribution in [1.29, 1.82) is 0 Å². The number of carbonyl (C=O) groups excluding carboxylic acids is 1. The summed E-state index contributed by atoms with van der Waals surface area (Å²) in [5.74, 6) is -0.0994. The number of aromatic nitrogens is 1. The fraction of sp³-hybridized carbons (Fsp3) is 0.111. The van der Waals surface area contributed by atoms with Crippen molar-refractivity contribution >= 4 is 5.97 Å². The molecule has 0 bridgehead atoms. The number of hydrogen-bond acceptors (Lipinski definition) is 4. The molecule has 0 N–H and O–H groups in total. The predicted octanol–water partition coefficient (Wildman–Crippen LogP) is 4.32. The van der Waals surface area contributed by atoms with Crippen LogP contribution in [-0.4, -0.2) is 11.0 Å². The van der Waals surface area contributed by atoms with Gasteiger partial charge in [0, 0.05) is 24.4 Å². The van der Waals surface area contributed by atoms with Crippen molar-refractivity contribution < 1.29 is 13.9 Å². The van der Waals surface area contributed by atoms with Gasteiger partial charge in [0.2, 0.25) is 0 Å². The fourth-order valence-electron chi connectivity index (χ4n) is 2.21. The van der Waals surface area contributed by atoms with E-state index in [-0.39, 0.29) is 11.9 Å². The topological polar surface area (TPSA) is 52.3 Å². The molecule has 0 spiro atoms. The molecular weight excluding hydrogens is 278 g/mol. The van der Waals surface area contributed by atoms with Gasteiger partial charge in [0.05, 0.1) is 5.56 Å². The summed E-state index contributed by atoms with van der Waals surface area (Å²) in [6.45, 7) is 1.75. The van der Waals surface area contributed by atoms with E-state index in [0.29, 0.717) is 6.42 Å². The van der Waals surface area contributed by atoms with Crippen molar-refractivity contribution in [2.45, 2.75) is 13.3 Å². The third kappa shape index (κ3) is 2.76. The van der Waals surface area contributed by atoms with Crippen LogP contribution in [0, 0.1) is 0 Å². The number of nitrogens with zero attached hydrogens (tertiary/aromatic N) is 1. The van der Waals surface area contributed by atoms with E-state index in [2.05, 4.69) is 4.98 Å². The maximum Gasteiger partial charge on any atom is 0.313 e. The van der Waals surface area contributed by atoms with Gasteiger partial charge in [-0.15, -0.1) is 0 Å². The molecular formula is C18H15NO3. The lowest BCUT2D eigenvalue weighted by Gasteiger charge is -2.06. The molecule has 0 saturated heterocycles. The summed E-state index contributed by atoms with van der Waals surface area (Å²) >= 11 is 0. The first-order valence-corrected chi connectivity index (χ1v) is 7.07. The van der Waals surface area contributed by atoms with Gasteiger partial charge < -0.3 is 9.15 Å². The number of rotatable bonds is 4. The molecule has 0 aliphatic heterocycles. The normalized spacial score (nSPS) is 10.4. The van der Waals surface area contributed by atoms with E-state index in [9.17, 15) is 4.79 Å². The molecule has 110 valence electrons. The van der Waals surface area contributed by atoms with E-state index in [4.69, 9.17) is 9.15 Å². The van der Waals surface area contributed by atoms with Gasteiger partial charge in [0.25, 0.3) is 0 Å². The molecule has 0 radical (unpaired) electrons. The van der Waals surface area contributed by atoms with E-state index >= 15 is 0 Å². The summed E-state index contributed by atoms with van der Waals surface area (Å²) in [6.07, 6.45) is 5.33. The van der Waals surface area contributed by atoms with Crippen molar-refractivity contribution in [1.82, 2.24) is 4.98 Å². The van der Waals surface area contributed by atoms with Crippen LogP contribution >= 0.6 is 0 Å². The van der Waals surface area contributed by atoms with Crippen molar-refractivity contribution in [3.05, 3.63) is 61.1 Å². The Labute approximate surface area is 128 Å². The van der Waals surface area contributed by atoms with E-state index in [1.807, 2.05) is 42.5 Å². The molecule has 1 aromatic carbocycles. The number of carbonyl (C=O) groups is 1. The molecule has 0 aliphatic rings. The Hall–Kier alpha value is -2.88. The second kappa shape index (κ2) is 6.26. The first kappa shape index (κ1) is 14.1. The highest BCUT2D eigenvalue weighted by Crippen LogP contribution is 2.41. The summed E-state index contributed by atoms with van der Waals surface area (Å²) in [7, 11) is 0. The van der Waals surface area contributed by atoms with Crippen LogP contribution in [0.5, 0.6) is 5.95 Å². The number of ether oxygens (including phenoxy) is 1. The highest BCUT2D eigenvalue weighted by molar-refractivity contribution is 5.87. The number of pyridine rings is 1. The van der Waals surface area contributed by atoms with Gasteiger partial charge in [-0.2, -0.15) is 0 Å². The minimum Gasteiger partial charge on any atom is -0.433 e. The number of furan rings is 1. The van der Waals surface area contributed by atoms with Gasteiger partial charge in [-0.25, -0.2) is 0 Å². The van der Waals surface area contributed by atoms with Crippen molar-refractivity contribution in [2.24, 2.45) is 0 Å². The number of hydrogen-bond donors (Lipinski definition) is 0. The van der Waals surface area contributed by atoms with Crippen LogP contribution in [0.2, 0.25) is 0 Å². The van der Waals surface area contributed by atoms with Crippen LogP contribution in [0.15, 0.2) is 65.5 Å². The molecule has 0 saturated carbocycles. The predicted molar refractivity (Wildman–Crippen MR) is 83.3 cm³/mol. The summed E-state index contributed by atoms with van der Waals surface area (Å²) < 4.78 is 10.8. The Kier molecular flexibility index (Phi) is 4.01. The van der Waals surface area contributed by atoms with Crippen LogP contribution in [0.4, 0.5) is 0 Å². The second-order valence-corrected chi connectivity index (χ2v) is 4.74.